The number of nitrogens with one attached hydrogen (secondary N) is 2. The van der Waals surface area contributed by atoms with Crippen LogP contribution in [0.15, 0.2) is 28.8 Å². The molecule has 0 saturated carbocycles. The molecule has 0 radical (unpaired) electrons. The van der Waals surface area contributed by atoms with Gasteiger partial charge in [-0.05, 0) is 32.9 Å². The maximum atomic E-state index is 12.4. The van der Waals surface area contributed by atoms with Gasteiger partial charge in [-0.1, -0.05) is 28.6 Å². The van der Waals surface area contributed by atoms with Gasteiger partial charge in [0.2, 0.25) is 17.6 Å². The number of anilines is 1. The zero-order chi connectivity index (χ0) is 23.3. The van der Waals surface area contributed by atoms with E-state index >= 15 is 0 Å². The first-order chi connectivity index (χ1) is 15.2. The molecular weight excluding hydrogens is 434 g/mol. The van der Waals surface area contributed by atoms with E-state index in [1.54, 1.807) is 52.0 Å². The fourth-order valence-corrected chi connectivity index (χ4v) is 3.56. The van der Waals surface area contributed by atoms with Crippen molar-refractivity contribution in [2.24, 2.45) is 0 Å². The van der Waals surface area contributed by atoms with E-state index in [2.05, 4.69) is 25.8 Å². The van der Waals surface area contributed by atoms with Crippen LogP contribution in [0.1, 0.15) is 51.9 Å². The number of carbonyl (C=O) groups excluding carboxylic acids is 3. The largest absolute Gasteiger partial charge is 0.459 e. The van der Waals surface area contributed by atoms with Gasteiger partial charge in [-0.2, -0.15) is 4.98 Å². The molecule has 0 unspecified atom stereocenters. The Hall–Kier alpha value is -3.60. The van der Waals surface area contributed by atoms with E-state index in [-0.39, 0.29) is 30.9 Å². The second-order valence-corrected chi connectivity index (χ2v) is 8.16. The van der Waals surface area contributed by atoms with Crippen molar-refractivity contribution in [1.29, 1.82) is 0 Å². The Morgan fingerprint density at radius 1 is 1.19 bits per heavy atom. The minimum atomic E-state index is -0.471. The van der Waals surface area contributed by atoms with E-state index in [4.69, 9.17) is 9.26 Å². The number of amides is 2. The van der Waals surface area contributed by atoms with Gasteiger partial charge in [0, 0.05) is 31.0 Å². The van der Waals surface area contributed by atoms with Gasteiger partial charge in [0.1, 0.15) is 4.88 Å². The topological polar surface area (TPSA) is 136 Å². The molecule has 1 aromatic carbocycles. The molecule has 0 aliphatic rings. The summed E-state index contributed by atoms with van der Waals surface area (Å²) >= 11 is 1.05. The molecule has 0 fully saturated rings. The molecule has 0 aliphatic carbocycles. The summed E-state index contributed by atoms with van der Waals surface area (Å²) in [6.07, 6.45) is -0.206. The highest BCUT2D eigenvalue weighted by Crippen LogP contribution is 2.24. The summed E-state index contributed by atoms with van der Waals surface area (Å²) in [4.78, 5) is 45.3. The Morgan fingerprint density at radius 2 is 1.97 bits per heavy atom. The van der Waals surface area contributed by atoms with Crippen molar-refractivity contribution in [3.63, 3.8) is 0 Å². The third-order valence-corrected chi connectivity index (χ3v) is 5.17. The Balaban J connectivity index is 1.51. The van der Waals surface area contributed by atoms with Gasteiger partial charge in [0.25, 0.3) is 5.91 Å². The number of esters is 1. The molecule has 2 heterocycles. The van der Waals surface area contributed by atoms with Crippen LogP contribution in [0, 0.1) is 13.8 Å². The lowest BCUT2D eigenvalue weighted by Gasteiger charge is -2.06. The predicted octanol–water partition coefficient (Wildman–Crippen LogP) is 3.13. The van der Waals surface area contributed by atoms with Gasteiger partial charge in [0.05, 0.1) is 11.8 Å². The number of aromatic nitrogens is 3. The van der Waals surface area contributed by atoms with E-state index in [1.165, 1.54) is 0 Å². The second-order valence-electron chi connectivity index (χ2n) is 7.16. The SMILES string of the molecule is Cc1nc(-c2cccc(C(=O)NCCC(=O)Nc3nc(C)c(C(=O)OC(C)C)s3)c2)no1. The monoisotopic (exact) mass is 457 g/mol. The molecule has 3 aromatic rings. The minimum Gasteiger partial charge on any atom is -0.459 e. The molecule has 0 saturated heterocycles. The van der Waals surface area contributed by atoms with E-state index in [0.29, 0.717) is 38.5 Å². The zero-order valence-electron chi connectivity index (χ0n) is 18.1. The molecule has 0 bridgehead atoms. The van der Waals surface area contributed by atoms with Crippen molar-refractivity contribution >= 4 is 34.3 Å². The van der Waals surface area contributed by atoms with Crippen molar-refractivity contribution in [2.75, 3.05) is 11.9 Å². The van der Waals surface area contributed by atoms with E-state index < -0.39 is 5.97 Å². The molecule has 32 heavy (non-hydrogen) atoms. The average molecular weight is 458 g/mol. The number of benzene rings is 1. The molecular formula is C21H23N5O5S. The first kappa shape index (κ1) is 23.1. The highest BCUT2D eigenvalue weighted by atomic mass is 32.1. The van der Waals surface area contributed by atoms with Gasteiger partial charge < -0.3 is 19.9 Å². The summed E-state index contributed by atoms with van der Waals surface area (Å²) in [6.45, 7) is 7.00. The molecule has 0 atom stereocenters. The third kappa shape index (κ3) is 5.97. The Morgan fingerprint density at radius 3 is 2.66 bits per heavy atom. The van der Waals surface area contributed by atoms with Gasteiger partial charge in [0.15, 0.2) is 5.13 Å². The average Bonchev–Trinajstić information content (AvgIpc) is 3.33. The van der Waals surface area contributed by atoms with Crippen LogP contribution >= 0.6 is 11.3 Å². The standard InChI is InChI=1S/C21H23N5O5S/c1-11(2)30-20(29)17-12(3)23-21(32-17)25-16(27)8-9-22-19(28)15-7-5-6-14(10-15)18-24-13(4)31-26-18/h5-7,10-11H,8-9H2,1-4H3,(H,22,28)(H,23,25,27). The predicted molar refractivity (Wildman–Crippen MR) is 117 cm³/mol. The van der Waals surface area contributed by atoms with E-state index in [0.717, 1.165) is 11.3 Å². The third-order valence-electron chi connectivity index (χ3n) is 4.12. The molecule has 2 N–H and O–H groups in total. The summed E-state index contributed by atoms with van der Waals surface area (Å²) in [5.41, 5.74) is 1.55. The summed E-state index contributed by atoms with van der Waals surface area (Å²) in [5, 5.41) is 9.48. The van der Waals surface area contributed by atoms with Crippen molar-refractivity contribution < 1.29 is 23.6 Å². The minimum absolute atomic E-state index is 0.0415. The lowest BCUT2D eigenvalue weighted by molar-refractivity contribution is -0.116. The summed E-state index contributed by atoms with van der Waals surface area (Å²) in [5.74, 6) is -0.310. The summed E-state index contributed by atoms with van der Waals surface area (Å²) < 4.78 is 10.1. The Labute approximate surface area is 188 Å². The van der Waals surface area contributed by atoms with Crippen LogP contribution < -0.4 is 10.6 Å². The maximum Gasteiger partial charge on any atom is 0.350 e. The van der Waals surface area contributed by atoms with Crippen LogP contribution in [-0.4, -0.2) is 45.6 Å². The van der Waals surface area contributed by atoms with Gasteiger partial charge in [-0.15, -0.1) is 0 Å². The van der Waals surface area contributed by atoms with Crippen molar-refractivity contribution in [3.05, 3.63) is 46.3 Å². The zero-order valence-corrected chi connectivity index (χ0v) is 18.9. The van der Waals surface area contributed by atoms with E-state index in [1.807, 2.05) is 0 Å². The van der Waals surface area contributed by atoms with Crippen LogP contribution in [0.4, 0.5) is 5.13 Å². The number of hydrogen-bond donors (Lipinski definition) is 2. The highest BCUT2D eigenvalue weighted by Gasteiger charge is 2.19. The number of nitrogens with zero attached hydrogens (tertiary/aromatic N) is 3. The molecule has 0 aliphatic heterocycles. The number of rotatable bonds is 8. The molecule has 0 spiro atoms. The molecule has 3 rings (SSSR count). The van der Waals surface area contributed by atoms with Gasteiger partial charge >= 0.3 is 5.97 Å². The number of ether oxygens (including phenoxy) is 1. The fraction of sp³-hybridized carbons (Fsp3) is 0.333. The summed E-state index contributed by atoms with van der Waals surface area (Å²) in [7, 11) is 0. The van der Waals surface area contributed by atoms with Crippen LogP contribution in [0.5, 0.6) is 0 Å². The maximum absolute atomic E-state index is 12.4. The molecule has 11 heteroatoms. The lowest BCUT2D eigenvalue weighted by Crippen LogP contribution is -2.27. The summed E-state index contributed by atoms with van der Waals surface area (Å²) in [6, 6.07) is 6.79. The smallest absolute Gasteiger partial charge is 0.350 e. The van der Waals surface area contributed by atoms with Gasteiger partial charge in [-0.25, -0.2) is 9.78 Å². The van der Waals surface area contributed by atoms with Crippen LogP contribution in [0.3, 0.4) is 0 Å². The van der Waals surface area contributed by atoms with Crippen molar-refractivity contribution in [2.45, 2.75) is 40.2 Å². The molecule has 2 aromatic heterocycles. The Kier molecular flexibility index (Phi) is 7.31. The highest BCUT2D eigenvalue weighted by molar-refractivity contribution is 7.17. The number of thiazole rings is 1. The first-order valence-electron chi connectivity index (χ1n) is 9.90. The number of aryl methyl sites for hydroxylation is 2. The van der Waals surface area contributed by atoms with Crippen molar-refractivity contribution in [1.82, 2.24) is 20.4 Å². The number of carbonyl (C=O) groups is 3. The normalized spacial score (nSPS) is 10.8. The lowest BCUT2D eigenvalue weighted by atomic mass is 10.1. The second kappa shape index (κ2) is 10.1. The first-order valence-corrected chi connectivity index (χ1v) is 10.7. The molecule has 10 nitrogen and oxygen atoms in total. The van der Waals surface area contributed by atoms with Crippen molar-refractivity contribution in [3.8, 4) is 11.4 Å². The molecule has 168 valence electrons. The Bertz CT molecular complexity index is 1140. The van der Waals surface area contributed by atoms with Crippen LogP contribution in [0.25, 0.3) is 11.4 Å². The van der Waals surface area contributed by atoms with Crippen LogP contribution in [-0.2, 0) is 9.53 Å². The van der Waals surface area contributed by atoms with E-state index in [9.17, 15) is 14.4 Å². The molecule has 2 amide bonds. The fourth-order valence-electron chi connectivity index (χ4n) is 2.70. The number of hydrogen-bond acceptors (Lipinski definition) is 9. The van der Waals surface area contributed by atoms with Gasteiger partial charge in [-0.3, -0.25) is 9.59 Å². The quantitative estimate of drug-likeness (QED) is 0.492. The van der Waals surface area contributed by atoms with Crippen LogP contribution in [0.2, 0.25) is 0 Å².